The van der Waals surface area contributed by atoms with E-state index in [-0.39, 0.29) is 28.6 Å². The minimum atomic E-state index is -4.58. The first-order chi connectivity index (χ1) is 11.8. The number of nitrogens with one attached hydrogen (secondary N) is 1. The maximum absolute atomic E-state index is 13.1. The van der Waals surface area contributed by atoms with Gasteiger partial charge in [-0.3, -0.25) is 4.79 Å². The van der Waals surface area contributed by atoms with Gasteiger partial charge in [-0.25, -0.2) is 9.97 Å². The molecule has 0 saturated carbocycles. The monoisotopic (exact) mass is 369 g/mol. The summed E-state index contributed by atoms with van der Waals surface area (Å²) in [5, 5.41) is 2.68. The van der Waals surface area contributed by atoms with Crippen LogP contribution < -0.4 is 5.32 Å². The van der Waals surface area contributed by atoms with E-state index >= 15 is 0 Å². The van der Waals surface area contributed by atoms with Crippen LogP contribution in [0.1, 0.15) is 26.0 Å². The number of amides is 1. The van der Waals surface area contributed by atoms with Gasteiger partial charge in [0.2, 0.25) is 5.91 Å². The van der Waals surface area contributed by atoms with Crippen molar-refractivity contribution in [3.63, 3.8) is 0 Å². The van der Waals surface area contributed by atoms with Crippen LogP contribution in [0.25, 0.3) is 11.3 Å². The number of thioether (sulfide) groups is 1. The van der Waals surface area contributed by atoms with Crippen molar-refractivity contribution in [2.75, 3.05) is 5.75 Å². The molecule has 0 saturated heterocycles. The molecule has 8 heteroatoms. The highest BCUT2D eigenvalue weighted by atomic mass is 32.2. The van der Waals surface area contributed by atoms with Gasteiger partial charge in [-0.05, 0) is 19.4 Å². The van der Waals surface area contributed by atoms with Gasteiger partial charge in [0.05, 0.1) is 11.4 Å². The zero-order chi connectivity index (χ0) is 18.4. The first-order valence-electron chi connectivity index (χ1n) is 7.73. The van der Waals surface area contributed by atoms with Crippen LogP contribution in [0.15, 0.2) is 41.6 Å². The molecule has 4 nitrogen and oxygen atoms in total. The number of hydrogen-bond donors (Lipinski definition) is 1. The van der Waals surface area contributed by atoms with Crippen LogP contribution in [-0.2, 0) is 11.0 Å². The molecule has 0 aliphatic rings. The van der Waals surface area contributed by atoms with E-state index in [0.717, 1.165) is 24.2 Å². The molecule has 0 bridgehead atoms. The highest BCUT2D eigenvalue weighted by Crippen LogP contribution is 2.31. The number of rotatable bonds is 6. The predicted octanol–water partition coefficient (Wildman–Crippen LogP) is 4.17. The summed E-state index contributed by atoms with van der Waals surface area (Å²) >= 11 is 0.886. The molecule has 25 heavy (non-hydrogen) atoms. The normalized spacial score (nSPS) is 12.7. The minimum absolute atomic E-state index is 0.00964. The lowest BCUT2D eigenvalue weighted by molar-refractivity contribution is -0.141. The van der Waals surface area contributed by atoms with E-state index in [1.54, 1.807) is 30.3 Å². The van der Waals surface area contributed by atoms with Gasteiger partial charge in [-0.15, -0.1) is 0 Å². The smallest absolute Gasteiger partial charge is 0.353 e. The molecule has 2 rings (SSSR count). The molecular formula is C17H18F3N3OS. The van der Waals surface area contributed by atoms with Gasteiger partial charge in [0.25, 0.3) is 0 Å². The molecule has 1 aromatic carbocycles. The largest absolute Gasteiger partial charge is 0.433 e. The summed E-state index contributed by atoms with van der Waals surface area (Å²) in [5.41, 5.74) is -0.291. The van der Waals surface area contributed by atoms with Crippen molar-refractivity contribution in [1.82, 2.24) is 15.3 Å². The van der Waals surface area contributed by atoms with Crippen LogP contribution in [0.2, 0.25) is 0 Å². The zero-order valence-corrected chi connectivity index (χ0v) is 14.6. The van der Waals surface area contributed by atoms with Gasteiger partial charge in [0.1, 0.15) is 5.69 Å². The van der Waals surface area contributed by atoms with Crippen molar-refractivity contribution in [3.8, 4) is 11.3 Å². The Hall–Kier alpha value is -2.09. The van der Waals surface area contributed by atoms with Crippen LogP contribution in [0.3, 0.4) is 0 Å². The highest BCUT2D eigenvalue weighted by Gasteiger charge is 2.33. The third-order valence-electron chi connectivity index (χ3n) is 3.42. The van der Waals surface area contributed by atoms with E-state index in [4.69, 9.17) is 0 Å². The van der Waals surface area contributed by atoms with Gasteiger partial charge in [0, 0.05) is 11.6 Å². The van der Waals surface area contributed by atoms with E-state index in [1.165, 1.54) is 0 Å². The topological polar surface area (TPSA) is 54.9 Å². The Morgan fingerprint density at radius 2 is 1.92 bits per heavy atom. The van der Waals surface area contributed by atoms with E-state index in [9.17, 15) is 18.0 Å². The second-order valence-electron chi connectivity index (χ2n) is 5.45. The quantitative estimate of drug-likeness (QED) is 0.613. The van der Waals surface area contributed by atoms with Crippen molar-refractivity contribution < 1.29 is 18.0 Å². The lowest BCUT2D eigenvalue weighted by atomic mass is 10.1. The average Bonchev–Trinajstić information content (AvgIpc) is 2.59. The Kier molecular flexibility index (Phi) is 6.41. The van der Waals surface area contributed by atoms with Gasteiger partial charge in [-0.1, -0.05) is 49.0 Å². The fourth-order valence-corrected chi connectivity index (χ4v) is 2.61. The molecule has 0 radical (unpaired) electrons. The maximum atomic E-state index is 13.1. The molecule has 1 amide bonds. The van der Waals surface area contributed by atoms with E-state index in [1.807, 2.05) is 13.8 Å². The van der Waals surface area contributed by atoms with E-state index in [0.29, 0.717) is 5.56 Å². The summed E-state index contributed by atoms with van der Waals surface area (Å²) in [6.07, 6.45) is -3.81. The van der Waals surface area contributed by atoms with Crippen LogP contribution in [0.4, 0.5) is 13.2 Å². The van der Waals surface area contributed by atoms with Crippen LogP contribution >= 0.6 is 11.8 Å². The average molecular weight is 369 g/mol. The summed E-state index contributed by atoms with van der Waals surface area (Å²) in [6, 6.07) is 9.48. The summed E-state index contributed by atoms with van der Waals surface area (Å²) in [5.74, 6) is -0.304. The predicted molar refractivity (Wildman–Crippen MR) is 91.1 cm³/mol. The summed E-state index contributed by atoms with van der Waals surface area (Å²) in [4.78, 5) is 19.5. The van der Waals surface area contributed by atoms with E-state index in [2.05, 4.69) is 15.3 Å². The molecule has 2 aromatic rings. The first kappa shape index (κ1) is 19.2. The van der Waals surface area contributed by atoms with Crippen LogP contribution in [0.5, 0.6) is 0 Å². The van der Waals surface area contributed by atoms with Crippen LogP contribution in [0, 0.1) is 0 Å². The Balaban J connectivity index is 2.24. The second-order valence-corrected chi connectivity index (χ2v) is 6.39. The Morgan fingerprint density at radius 3 is 2.52 bits per heavy atom. The summed E-state index contributed by atoms with van der Waals surface area (Å²) in [7, 11) is 0. The lowest BCUT2D eigenvalue weighted by Gasteiger charge is -2.12. The van der Waals surface area contributed by atoms with Gasteiger partial charge in [-0.2, -0.15) is 13.2 Å². The molecule has 0 aliphatic heterocycles. The third kappa shape index (κ3) is 5.74. The number of carbonyl (C=O) groups excluding carboxylic acids is 1. The molecule has 1 N–H and O–H groups in total. The van der Waals surface area contributed by atoms with Crippen molar-refractivity contribution in [2.24, 2.45) is 0 Å². The number of hydrogen-bond acceptors (Lipinski definition) is 4. The van der Waals surface area contributed by atoms with Gasteiger partial charge in [0.15, 0.2) is 5.16 Å². The zero-order valence-electron chi connectivity index (χ0n) is 13.8. The number of aromatic nitrogens is 2. The Labute approximate surface area is 148 Å². The molecule has 1 aromatic heterocycles. The van der Waals surface area contributed by atoms with Crippen LogP contribution in [-0.4, -0.2) is 27.7 Å². The standard InChI is InChI=1S/C17H18F3N3OS/c1-3-11(2)21-15(24)10-25-16-22-13(12-7-5-4-6-8-12)9-14(23-16)17(18,19)20/h4-9,11H,3,10H2,1-2H3,(H,21,24). The van der Waals surface area contributed by atoms with Crippen molar-refractivity contribution in [3.05, 3.63) is 42.1 Å². The minimum Gasteiger partial charge on any atom is -0.353 e. The summed E-state index contributed by atoms with van der Waals surface area (Å²) in [6.45, 7) is 3.79. The molecule has 134 valence electrons. The first-order valence-corrected chi connectivity index (χ1v) is 8.72. The maximum Gasteiger partial charge on any atom is 0.433 e. The summed E-state index contributed by atoms with van der Waals surface area (Å²) < 4.78 is 39.3. The molecular weight excluding hydrogens is 351 g/mol. The third-order valence-corrected chi connectivity index (χ3v) is 4.27. The lowest BCUT2D eigenvalue weighted by Crippen LogP contribution is -2.33. The molecule has 1 heterocycles. The molecule has 1 atom stereocenters. The highest BCUT2D eigenvalue weighted by molar-refractivity contribution is 7.99. The number of benzene rings is 1. The van der Waals surface area contributed by atoms with Crippen molar-refractivity contribution in [1.29, 1.82) is 0 Å². The van der Waals surface area contributed by atoms with Gasteiger partial charge >= 0.3 is 6.18 Å². The molecule has 0 aliphatic carbocycles. The Morgan fingerprint density at radius 1 is 1.24 bits per heavy atom. The molecule has 0 fully saturated rings. The van der Waals surface area contributed by atoms with Crippen molar-refractivity contribution in [2.45, 2.75) is 37.6 Å². The number of halogens is 3. The fraction of sp³-hybridized carbons (Fsp3) is 0.353. The molecule has 0 spiro atoms. The second kappa shape index (κ2) is 8.33. The van der Waals surface area contributed by atoms with E-state index < -0.39 is 11.9 Å². The number of carbonyl (C=O) groups is 1. The number of nitrogens with zero attached hydrogens (tertiary/aromatic N) is 2. The fourth-order valence-electron chi connectivity index (χ4n) is 1.94. The SMILES string of the molecule is CCC(C)NC(=O)CSc1nc(-c2ccccc2)cc(C(F)(F)F)n1. The Bertz CT molecular complexity index is 723. The number of alkyl halides is 3. The van der Waals surface area contributed by atoms with Crippen molar-refractivity contribution >= 4 is 17.7 Å². The molecule has 1 unspecified atom stereocenters. The van der Waals surface area contributed by atoms with Gasteiger partial charge < -0.3 is 5.32 Å².